The molecular weight excluding hydrogens is 426 g/mol. The number of anilines is 1. The van der Waals surface area contributed by atoms with Gasteiger partial charge in [-0.2, -0.15) is 0 Å². The molecule has 1 amide bonds. The Labute approximate surface area is 204 Å². The summed E-state index contributed by atoms with van der Waals surface area (Å²) < 4.78 is 5.75. The van der Waals surface area contributed by atoms with E-state index in [1.165, 1.54) is 36.1 Å². The predicted octanol–water partition coefficient (Wildman–Crippen LogP) is 9.07. The van der Waals surface area contributed by atoms with E-state index in [1.807, 2.05) is 62.4 Å². The van der Waals surface area contributed by atoms with E-state index in [0.29, 0.717) is 5.92 Å². The molecule has 0 aliphatic heterocycles. The Morgan fingerprint density at radius 1 is 0.939 bits per heavy atom. The van der Waals surface area contributed by atoms with Crippen LogP contribution in [0.3, 0.4) is 0 Å². The van der Waals surface area contributed by atoms with Crippen LogP contribution < -0.4 is 10.1 Å². The zero-order valence-corrected chi connectivity index (χ0v) is 21.6. The summed E-state index contributed by atoms with van der Waals surface area (Å²) in [6.45, 7) is 10.4. The third kappa shape index (κ3) is 9.05. The average molecular weight is 466 g/mol. The van der Waals surface area contributed by atoms with Crippen molar-refractivity contribution in [2.24, 2.45) is 5.92 Å². The van der Waals surface area contributed by atoms with Crippen LogP contribution in [0.4, 0.5) is 5.69 Å². The Hall–Kier alpha value is -2.59. The Bertz CT molecular complexity index is 943. The van der Waals surface area contributed by atoms with E-state index in [1.54, 1.807) is 11.3 Å². The molecule has 1 aromatic heterocycles. The number of ether oxygens (including phenoxy) is 1. The minimum Gasteiger partial charge on any atom is -0.456 e. The van der Waals surface area contributed by atoms with Crippen molar-refractivity contribution in [1.29, 1.82) is 0 Å². The minimum atomic E-state index is 0.0192. The van der Waals surface area contributed by atoms with Crippen molar-refractivity contribution in [3.05, 3.63) is 76.5 Å². The quantitative estimate of drug-likeness (QED) is 0.324. The molecule has 1 heterocycles. The average Bonchev–Trinajstić information content (AvgIpc) is 3.27. The molecule has 3 rings (SSSR count). The molecule has 0 fully saturated rings. The minimum absolute atomic E-state index is 0.0192. The number of amides is 1. The summed E-state index contributed by atoms with van der Waals surface area (Å²) in [7, 11) is 0. The number of carbonyl (C=O) groups excluding carboxylic acids is 1. The van der Waals surface area contributed by atoms with Gasteiger partial charge in [0.25, 0.3) is 0 Å². The van der Waals surface area contributed by atoms with Crippen LogP contribution >= 0.6 is 11.3 Å². The number of rotatable bonds is 10. The molecule has 0 radical (unpaired) electrons. The Kier molecular flexibility index (Phi) is 11.7. The second-order valence-electron chi connectivity index (χ2n) is 8.52. The molecule has 0 aliphatic carbocycles. The molecule has 0 unspecified atom stereocenters. The number of para-hydroxylation sites is 1. The van der Waals surface area contributed by atoms with Crippen molar-refractivity contribution in [3.8, 4) is 11.5 Å². The highest BCUT2D eigenvalue weighted by atomic mass is 32.1. The maximum atomic E-state index is 11.7. The maximum absolute atomic E-state index is 11.7. The number of carbonyl (C=O) groups is 1. The van der Waals surface area contributed by atoms with Crippen LogP contribution in [0, 0.1) is 5.92 Å². The Morgan fingerprint density at radius 3 is 2.24 bits per heavy atom. The molecule has 178 valence electrons. The molecule has 0 saturated carbocycles. The first-order chi connectivity index (χ1) is 16.0. The van der Waals surface area contributed by atoms with E-state index in [4.69, 9.17) is 4.74 Å². The van der Waals surface area contributed by atoms with Crippen molar-refractivity contribution < 1.29 is 9.53 Å². The fourth-order valence-corrected chi connectivity index (χ4v) is 4.37. The molecule has 3 aromatic rings. The fraction of sp³-hybridized carbons (Fsp3) is 0.414. The normalized spacial score (nSPS) is 10.6. The second-order valence-corrected chi connectivity index (χ2v) is 9.52. The summed E-state index contributed by atoms with van der Waals surface area (Å²) in [6.07, 6.45) is 5.87. The van der Waals surface area contributed by atoms with Crippen LogP contribution in [0.25, 0.3) is 0 Å². The molecule has 2 aromatic carbocycles. The van der Waals surface area contributed by atoms with Crippen LogP contribution in [0.5, 0.6) is 11.5 Å². The molecule has 0 saturated heterocycles. The molecule has 0 bridgehead atoms. The number of aryl methyl sites for hydroxylation is 1. The van der Waals surface area contributed by atoms with Gasteiger partial charge in [0.1, 0.15) is 11.5 Å². The summed E-state index contributed by atoms with van der Waals surface area (Å²) in [5, 5.41) is 5.05. The molecule has 0 spiro atoms. The van der Waals surface area contributed by atoms with Crippen molar-refractivity contribution in [2.75, 3.05) is 5.32 Å². The third-order valence-corrected chi connectivity index (χ3v) is 6.47. The highest BCUT2D eigenvalue weighted by Gasteiger charge is 2.12. The molecule has 4 heteroatoms. The smallest absolute Gasteiger partial charge is 0.226 e. The monoisotopic (exact) mass is 465 g/mol. The third-order valence-electron chi connectivity index (χ3n) is 5.42. The van der Waals surface area contributed by atoms with E-state index in [2.05, 4.69) is 43.6 Å². The second kappa shape index (κ2) is 14.5. The number of hydrogen-bond acceptors (Lipinski definition) is 3. The van der Waals surface area contributed by atoms with Crippen molar-refractivity contribution in [1.82, 2.24) is 0 Å². The summed E-state index contributed by atoms with van der Waals surface area (Å²) in [5.41, 5.74) is 2.28. The maximum Gasteiger partial charge on any atom is 0.226 e. The summed E-state index contributed by atoms with van der Waals surface area (Å²) in [5.74, 6) is 2.61. The number of nitrogens with one attached hydrogen (secondary N) is 1. The van der Waals surface area contributed by atoms with Crippen molar-refractivity contribution >= 4 is 22.9 Å². The lowest BCUT2D eigenvalue weighted by Gasteiger charge is -2.17. The van der Waals surface area contributed by atoms with Crippen molar-refractivity contribution in [2.45, 2.75) is 72.6 Å². The molecule has 0 aliphatic rings. The zero-order valence-electron chi connectivity index (χ0n) is 20.8. The molecule has 3 nitrogen and oxygen atoms in total. The lowest BCUT2D eigenvalue weighted by molar-refractivity contribution is -0.118. The van der Waals surface area contributed by atoms with Gasteiger partial charge < -0.3 is 10.1 Å². The SMILES string of the molecule is CCCC(CCC)c1cccc(NC(=O)C(C)C)c1.CCc1sccc1Oc1ccccc1. The molecule has 33 heavy (non-hydrogen) atoms. The number of thiophene rings is 1. The number of benzene rings is 2. The number of hydrogen-bond donors (Lipinski definition) is 1. The summed E-state index contributed by atoms with van der Waals surface area (Å²) >= 11 is 1.74. The first-order valence-electron chi connectivity index (χ1n) is 12.2. The summed E-state index contributed by atoms with van der Waals surface area (Å²) in [4.78, 5) is 13.0. The standard InChI is InChI=1S/C17H27NO.C12H12OS/c1-5-8-14(9-6-2)15-10-7-11-16(12-15)18-17(19)13(3)4;1-2-12-11(8-9-14-12)13-10-6-4-3-5-7-10/h7,10-14H,5-6,8-9H2,1-4H3,(H,18,19);3-9H,2H2,1H3. The Balaban J connectivity index is 0.000000243. The Morgan fingerprint density at radius 2 is 1.64 bits per heavy atom. The molecule has 1 N–H and O–H groups in total. The van der Waals surface area contributed by atoms with Crippen LogP contribution in [-0.4, -0.2) is 5.91 Å². The van der Waals surface area contributed by atoms with E-state index in [9.17, 15) is 4.79 Å². The summed E-state index contributed by atoms with van der Waals surface area (Å²) in [6, 6.07) is 20.2. The molecular formula is C29H39NO2S. The zero-order chi connectivity index (χ0) is 24.1. The van der Waals surface area contributed by atoms with Gasteiger partial charge in [0.15, 0.2) is 0 Å². The van der Waals surface area contributed by atoms with Gasteiger partial charge in [0, 0.05) is 16.5 Å². The van der Waals surface area contributed by atoms with Gasteiger partial charge in [0.2, 0.25) is 5.91 Å². The highest BCUT2D eigenvalue weighted by molar-refractivity contribution is 7.10. The predicted molar refractivity (Wildman–Crippen MR) is 143 cm³/mol. The fourth-order valence-electron chi connectivity index (χ4n) is 3.62. The van der Waals surface area contributed by atoms with Crippen LogP contribution in [0.1, 0.15) is 76.7 Å². The van der Waals surface area contributed by atoms with Gasteiger partial charge in [-0.25, -0.2) is 0 Å². The van der Waals surface area contributed by atoms with E-state index >= 15 is 0 Å². The van der Waals surface area contributed by atoms with E-state index < -0.39 is 0 Å². The van der Waals surface area contributed by atoms with Gasteiger partial charge in [-0.3, -0.25) is 4.79 Å². The van der Waals surface area contributed by atoms with Crippen LogP contribution in [-0.2, 0) is 11.2 Å². The van der Waals surface area contributed by atoms with Crippen LogP contribution in [0.2, 0.25) is 0 Å². The van der Waals surface area contributed by atoms with Gasteiger partial charge in [-0.1, -0.05) is 77.8 Å². The first-order valence-corrected chi connectivity index (χ1v) is 13.1. The van der Waals surface area contributed by atoms with E-state index in [-0.39, 0.29) is 11.8 Å². The van der Waals surface area contributed by atoms with Gasteiger partial charge >= 0.3 is 0 Å². The lowest BCUT2D eigenvalue weighted by atomic mass is 9.90. The lowest BCUT2D eigenvalue weighted by Crippen LogP contribution is -2.17. The largest absolute Gasteiger partial charge is 0.456 e. The van der Waals surface area contributed by atoms with Gasteiger partial charge in [-0.05, 0) is 66.5 Å². The topological polar surface area (TPSA) is 38.3 Å². The van der Waals surface area contributed by atoms with Crippen LogP contribution in [0.15, 0.2) is 66.0 Å². The van der Waals surface area contributed by atoms with Crippen molar-refractivity contribution in [3.63, 3.8) is 0 Å². The van der Waals surface area contributed by atoms with Gasteiger partial charge in [-0.15, -0.1) is 11.3 Å². The first kappa shape index (κ1) is 26.7. The van der Waals surface area contributed by atoms with E-state index in [0.717, 1.165) is 23.6 Å². The highest BCUT2D eigenvalue weighted by Crippen LogP contribution is 2.30. The molecule has 0 atom stereocenters. The van der Waals surface area contributed by atoms with Gasteiger partial charge in [0.05, 0.1) is 0 Å².